The van der Waals surface area contributed by atoms with E-state index in [4.69, 9.17) is 0 Å². The van der Waals surface area contributed by atoms with E-state index in [1.165, 1.54) is 16.7 Å². The molecular formula is C15H16BrN. The quantitative estimate of drug-likeness (QED) is 0.898. The Labute approximate surface area is 111 Å². The molecule has 0 aromatic heterocycles. The molecule has 0 bridgehead atoms. The lowest BCUT2D eigenvalue weighted by Crippen LogP contribution is -2.17. The molecule has 0 radical (unpaired) electrons. The van der Waals surface area contributed by atoms with Crippen LogP contribution in [0.1, 0.15) is 22.7 Å². The van der Waals surface area contributed by atoms with Gasteiger partial charge in [-0.25, -0.2) is 0 Å². The number of halogens is 1. The lowest BCUT2D eigenvalue weighted by atomic mass is 9.98. The summed E-state index contributed by atoms with van der Waals surface area (Å²) in [6.45, 7) is 2.12. The van der Waals surface area contributed by atoms with Crippen LogP contribution in [0.25, 0.3) is 0 Å². The number of benzene rings is 2. The van der Waals surface area contributed by atoms with Crippen LogP contribution in [0.15, 0.2) is 53.0 Å². The van der Waals surface area contributed by atoms with Gasteiger partial charge in [0.25, 0.3) is 0 Å². The van der Waals surface area contributed by atoms with E-state index in [2.05, 4.69) is 70.6 Å². The van der Waals surface area contributed by atoms with Gasteiger partial charge in [0.2, 0.25) is 0 Å². The van der Waals surface area contributed by atoms with Gasteiger partial charge in [0.15, 0.2) is 0 Å². The zero-order valence-corrected chi connectivity index (χ0v) is 11.7. The number of hydrogen-bond acceptors (Lipinski definition) is 1. The molecular weight excluding hydrogens is 274 g/mol. The van der Waals surface area contributed by atoms with Crippen molar-refractivity contribution in [1.82, 2.24) is 5.32 Å². The van der Waals surface area contributed by atoms with Crippen molar-refractivity contribution in [2.75, 3.05) is 7.05 Å². The summed E-state index contributed by atoms with van der Waals surface area (Å²) in [4.78, 5) is 0. The summed E-state index contributed by atoms with van der Waals surface area (Å²) in [5.74, 6) is 0. The number of nitrogens with one attached hydrogen (secondary N) is 1. The van der Waals surface area contributed by atoms with Crippen LogP contribution in [-0.2, 0) is 0 Å². The molecule has 1 nitrogen and oxygen atoms in total. The van der Waals surface area contributed by atoms with Gasteiger partial charge in [0.05, 0.1) is 6.04 Å². The second-order valence-electron chi connectivity index (χ2n) is 4.19. The number of hydrogen-bond donors (Lipinski definition) is 1. The van der Waals surface area contributed by atoms with Crippen molar-refractivity contribution < 1.29 is 0 Å². The third-order valence-corrected chi connectivity index (χ3v) is 3.28. The second-order valence-corrected chi connectivity index (χ2v) is 5.11. The van der Waals surface area contributed by atoms with E-state index in [9.17, 15) is 0 Å². The first-order valence-electron chi connectivity index (χ1n) is 5.70. The first-order chi connectivity index (χ1) is 8.20. The van der Waals surface area contributed by atoms with Crippen LogP contribution in [0.2, 0.25) is 0 Å². The molecule has 0 saturated carbocycles. The van der Waals surface area contributed by atoms with E-state index in [1.54, 1.807) is 0 Å². The van der Waals surface area contributed by atoms with Gasteiger partial charge >= 0.3 is 0 Å². The molecule has 0 aliphatic rings. The molecule has 0 amide bonds. The van der Waals surface area contributed by atoms with Crippen molar-refractivity contribution in [2.45, 2.75) is 13.0 Å². The lowest BCUT2D eigenvalue weighted by molar-refractivity contribution is 0.691. The number of rotatable bonds is 3. The number of aryl methyl sites for hydroxylation is 1. The van der Waals surface area contributed by atoms with E-state index in [0.29, 0.717) is 0 Å². The highest BCUT2D eigenvalue weighted by Crippen LogP contribution is 2.25. The maximum absolute atomic E-state index is 3.56. The predicted molar refractivity (Wildman–Crippen MR) is 76.2 cm³/mol. The molecule has 0 spiro atoms. The topological polar surface area (TPSA) is 12.0 Å². The fourth-order valence-corrected chi connectivity index (χ4v) is 2.73. The van der Waals surface area contributed by atoms with Gasteiger partial charge in [0, 0.05) is 4.47 Å². The second kappa shape index (κ2) is 5.48. The van der Waals surface area contributed by atoms with Gasteiger partial charge in [-0.05, 0) is 42.8 Å². The summed E-state index contributed by atoms with van der Waals surface area (Å²) >= 11 is 3.56. The van der Waals surface area contributed by atoms with Crippen molar-refractivity contribution in [2.24, 2.45) is 0 Å². The van der Waals surface area contributed by atoms with Crippen molar-refractivity contribution in [3.05, 3.63) is 69.7 Å². The van der Waals surface area contributed by atoms with Crippen molar-refractivity contribution in [1.29, 1.82) is 0 Å². The van der Waals surface area contributed by atoms with Gasteiger partial charge in [-0.15, -0.1) is 0 Å². The monoisotopic (exact) mass is 289 g/mol. The first kappa shape index (κ1) is 12.3. The average molecular weight is 290 g/mol. The minimum atomic E-state index is 0.243. The molecule has 0 heterocycles. The largest absolute Gasteiger partial charge is 0.309 e. The fourth-order valence-electron chi connectivity index (χ4n) is 2.10. The minimum Gasteiger partial charge on any atom is -0.309 e. The van der Waals surface area contributed by atoms with Crippen LogP contribution in [0.4, 0.5) is 0 Å². The van der Waals surface area contributed by atoms with E-state index in [-0.39, 0.29) is 6.04 Å². The van der Waals surface area contributed by atoms with Gasteiger partial charge in [0.1, 0.15) is 0 Å². The van der Waals surface area contributed by atoms with Gasteiger partial charge in [-0.3, -0.25) is 0 Å². The molecule has 2 rings (SSSR count). The minimum absolute atomic E-state index is 0.243. The van der Waals surface area contributed by atoms with Gasteiger partial charge < -0.3 is 5.32 Å². The SMILES string of the molecule is CNC(c1ccccc1)c1cc(C)cc(Br)c1. The molecule has 0 aliphatic carbocycles. The molecule has 2 aromatic rings. The summed E-state index contributed by atoms with van der Waals surface area (Å²) in [5.41, 5.74) is 3.84. The third kappa shape index (κ3) is 2.96. The van der Waals surface area contributed by atoms with Gasteiger partial charge in [-0.2, -0.15) is 0 Å². The van der Waals surface area contributed by atoms with Crippen LogP contribution in [0.3, 0.4) is 0 Å². The predicted octanol–water partition coefficient (Wildman–Crippen LogP) is 4.07. The van der Waals surface area contributed by atoms with Crippen LogP contribution in [-0.4, -0.2) is 7.05 Å². The molecule has 0 saturated heterocycles. The lowest BCUT2D eigenvalue weighted by Gasteiger charge is -2.18. The Balaban J connectivity index is 2.42. The zero-order chi connectivity index (χ0) is 12.3. The van der Waals surface area contributed by atoms with Crippen molar-refractivity contribution in [3.8, 4) is 0 Å². The molecule has 2 aromatic carbocycles. The third-order valence-electron chi connectivity index (χ3n) is 2.82. The molecule has 17 heavy (non-hydrogen) atoms. The van der Waals surface area contributed by atoms with Crippen molar-refractivity contribution >= 4 is 15.9 Å². The summed E-state index contributed by atoms with van der Waals surface area (Å²) < 4.78 is 1.13. The Morgan fingerprint density at radius 3 is 2.29 bits per heavy atom. The maximum atomic E-state index is 3.56. The highest BCUT2D eigenvalue weighted by atomic mass is 79.9. The molecule has 88 valence electrons. The average Bonchev–Trinajstić information content (AvgIpc) is 2.30. The highest BCUT2D eigenvalue weighted by molar-refractivity contribution is 9.10. The Kier molecular flexibility index (Phi) is 3.97. The smallest absolute Gasteiger partial charge is 0.0574 e. The zero-order valence-electron chi connectivity index (χ0n) is 10.1. The van der Waals surface area contributed by atoms with Crippen LogP contribution >= 0.6 is 15.9 Å². The first-order valence-corrected chi connectivity index (χ1v) is 6.49. The molecule has 0 aliphatic heterocycles. The van der Waals surface area contributed by atoms with Gasteiger partial charge in [-0.1, -0.05) is 52.3 Å². The molecule has 2 heteroatoms. The standard InChI is InChI=1S/C15H16BrN/c1-11-8-13(10-14(16)9-11)15(17-2)12-6-4-3-5-7-12/h3-10,15,17H,1-2H3. The van der Waals surface area contributed by atoms with Crippen LogP contribution < -0.4 is 5.32 Å². The molecule has 0 fully saturated rings. The summed E-state index contributed by atoms with van der Waals surface area (Å²) in [7, 11) is 1.99. The fraction of sp³-hybridized carbons (Fsp3) is 0.200. The summed E-state index contributed by atoms with van der Waals surface area (Å²) in [6.07, 6.45) is 0. The van der Waals surface area contributed by atoms with E-state index in [1.807, 2.05) is 13.1 Å². The Hall–Kier alpha value is -1.12. The molecule has 1 unspecified atom stereocenters. The Morgan fingerprint density at radius 2 is 1.71 bits per heavy atom. The summed E-state index contributed by atoms with van der Waals surface area (Å²) in [5, 5.41) is 3.37. The highest BCUT2D eigenvalue weighted by Gasteiger charge is 2.12. The van der Waals surface area contributed by atoms with E-state index in [0.717, 1.165) is 4.47 Å². The maximum Gasteiger partial charge on any atom is 0.0574 e. The van der Waals surface area contributed by atoms with Crippen LogP contribution in [0, 0.1) is 6.92 Å². The molecule has 1 atom stereocenters. The Morgan fingerprint density at radius 1 is 1.00 bits per heavy atom. The van der Waals surface area contributed by atoms with Crippen LogP contribution in [0.5, 0.6) is 0 Å². The summed E-state index contributed by atoms with van der Waals surface area (Å²) in [6, 6.07) is 17.3. The molecule has 1 N–H and O–H groups in total. The van der Waals surface area contributed by atoms with E-state index >= 15 is 0 Å². The van der Waals surface area contributed by atoms with E-state index < -0.39 is 0 Å². The van der Waals surface area contributed by atoms with Crippen molar-refractivity contribution in [3.63, 3.8) is 0 Å². The Bertz CT molecular complexity index is 473. The normalized spacial score (nSPS) is 12.4.